The van der Waals surface area contributed by atoms with Crippen molar-refractivity contribution in [3.8, 4) is 0 Å². The zero-order valence-corrected chi connectivity index (χ0v) is 17.3. The van der Waals surface area contributed by atoms with Crippen molar-refractivity contribution in [3.63, 3.8) is 0 Å². The van der Waals surface area contributed by atoms with Crippen LogP contribution in [0.25, 0.3) is 10.2 Å². The molecule has 0 unspecified atom stereocenters. The zero-order chi connectivity index (χ0) is 19.0. The van der Waals surface area contributed by atoms with Gasteiger partial charge in [-0.3, -0.25) is 9.59 Å². The van der Waals surface area contributed by atoms with E-state index in [4.69, 9.17) is 0 Å². The van der Waals surface area contributed by atoms with E-state index < -0.39 is 0 Å². The van der Waals surface area contributed by atoms with Crippen molar-refractivity contribution >= 4 is 50.1 Å². The molecule has 0 aromatic carbocycles. The van der Waals surface area contributed by atoms with Crippen LogP contribution in [0.3, 0.4) is 0 Å². The van der Waals surface area contributed by atoms with Gasteiger partial charge in [0.1, 0.15) is 10.7 Å². The summed E-state index contributed by atoms with van der Waals surface area (Å²) >= 11 is 4.54. The predicted octanol–water partition coefficient (Wildman–Crippen LogP) is 4.57. The predicted molar refractivity (Wildman–Crippen MR) is 112 cm³/mol. The molecule has 0 saturated heterocycles. The Balaban J connectivity index is 1.69. The third-order valence-electron chi connectivity index (χ3n) is 4.37. The van der Waals surface area contributed by atoms with Crippen molar-refractivity contribution in [2.24, 2.45) is 0 Å². The highest BCUT2D eigenvalue weighted by molar-refractivity contribution is 7.18. The highest BCUT2D eigenvalue weighted by Gasteiger charge is 2.20. The summed E-state index contributed by atoms with van der Waals surface area (Å²) in [5.74, 6) is 0.454. The van der Waals surface area contributed by atoms with Crippen LogP contribution in [-0.2, 0) is 13.1 Å². The monoisotopic (exact) mass is 415 g/mol. The van der Waals surface area contributed by atoms with Gasteiger partial charge in [-0.1, -0.05) is 12.1 Å². The number of nitrogens with one attached hydrogen (secondary N) is 1. The van der Waals surface area contributed by atoms with Crippen LogP contribution in [0.15, 0.2) is 39.8 Å². The minimum atomic E-state index is -0.142. The fourth-order valence-electron chi connectivity index (χ4n) is 2.90. The standard InChI is InChI=1S/C19H17N3O2S3/c1-11-12(2)27-18-16(11)17(23)20-15(21-18)10-22(9-13-5-3-7-25-13)19(24)14-6-4-8-26-14/h3-8H,9-10H2,1-2H3,(H,20,21,23). The largest absolute Gasteiger partial charge is 0.325 e. The SMILES string of the molecule is Cc1sc2nc(CN(Cc3cccs3)C(=O)c3cccs3)[nH]c(=O)c2c1C. The number of carbonyl (C=O) groups is 1. The van der Waals surface area contributed by atoms with E-state index in [1.54, 1.807) is 16.2 Å². The molecule has 0 spiro atoms. The van der Waals surface area contributed by atoms with Crippen LogP contribution in [0.2, 0.25) is 0 Å². The molecule has 0 fully saturated rings. The number of aromatic nitrogens is 2. The van der Waals surface area contributed by atoms with Gasteiger partial charge < -0.3 is 9.88 Å². The van der Waals surface area contributed by atoms with Crippen LogP contribution < -0.4 is 5.56 Å². The Morgan fingerprint density at radius 1 is 1.15 bits per heavy atom. The number of fused-ring (bicyclic) bond motifs is 1. The molecule has 0 aliphatic rings. The topological polar surface area (TPSA) is 66.1 Å². The average Bonchev–Trinajstić information content (AvgIpc) is 3.37. The Morgan fingerprint density at radius 2 is 1.93 bits per heavy atom. The Kier molecular flexibility index (Phi) is 4.94. The Labute approximate surface area is 167 Å². The van der Waals surface area contributed by atoms with Crippen LogP contribution in [0.1, 0.15) is 30.8 Å². The molecule has 138 valence electrons. The van der Waals surface area contributed by atoms with Gasteiger partial charge in [-0.2, -0.15) is 0 Å². The molecule has 27 heavy (non-hydrogen) atoms. The Bertz CT molecular complexity index is 1140. The third-order valence-corrected chi connectivity index (χ3v) is 7.19. The molecule has 0 aliphatic carbocycles. The molecule has 4 rings (SSSR count). The first-order chi connectivity index (χ1) is 13.0. The van der Waals surface area contributed by atoms with Crippen LogP contribution in [0, 0.1) is 13.8 Å². The molecule has 5 nitrogen and oxygen atoms in total. The first-order valence-corrected chi connectivity index (χ1v) is 10.9. The second kappa shape index (κ2) is 7.38. The normalized spacial score (nSPS) is 11.2. The molecule has 0 atom stereocenters. The molecule has 4 aromatic rings. The van der Waals surface area contributed by atoms with E-state index in [2.05, 4.69) is 9.97 Å². The summed E-state index contributed by atoms with van der Waals surface area (Å²) in [4.78, 5) is 38.3. The summed E-state index contributed by atoms with van der Waals surface area (Å²) in [6, 6.07) is 7.66. The first kappa shape index (κ1) is 18.1. The smallest absolute Gasteiger partial charge is 0.264 e. The summed E-state index contributed by atoms with van der Waals surface area (Å²) in [7, 11) is 0. The average molecular weight is 416 g/mol. The van der Waals surface area contributed by atoms with Crippen molar-refractivity contribution in [2.45, 2.75) is 26.9 Å². The summed E-state index contributed by atoms with van der Waals surface area (Å²) in [5, 5.41) is 4.53. The first-order valence-electron chi connectivity index (χ1n) is 8.37. The van der Waals surface area contributed by atoms with E-state index in [9.17, 15) is 9.59 Å². The van der Waals surface area contributed by atoms with E-state index >= 15 is 0 Å². The van der Waals surface area contributed by atoms with Crippen molar-refractivity contribution in [1.29, 1.82) is 0 Å². The number of carbonyl (C=O) groups excluding carboxylic acids is 1. The minimum absolute atomic E-state index is 0.0558. The molecule has 0 radical (unpaired) electrons. The van der Waals surface area contributed by atoms with E-state index in [-0.39, 0.29) is 18.0 Å². The quantitative estimate of drug-likeness (QED) is 0.519. The molecular formula is C19H17N3O2S3. The second-order valence-corrected chi connectivity index (χ2v) is 9.38. The summed E-state index contributed by atoms with van der Waals surface area (Å²) in [5.41, 5.74) is 0.830. The lowest BCUT2D eigenvalue weighted by Gasteiger charge is -2.21. The molecular weight excluding hydrogens is 398 g/mol. The van der Waals surface area contributed by atoms with E-state index in [1.165, 1.54) is 22.7 Å². The van der Waals surface area contributed by atoms with Gasteiger partial charge in [0.25, 0.3) is 11.5 Å². The van der Waals surface area contributed by atoms with Crippen LogP contribution in [-0.4, -0.2) is 20.8 Å². The lowest BCUT2D eigenvalue weighted by molar-refractivity contribution is 0.0732. The number of thiophene rings is 3. The van der Waals surface area contributed by atoms with Crippen molar-refractivity contribution in [2.75, 3.05) is 0 Å². The third kappa shape index (κ3) is 3.60. The van der Waals surface area contributed by atoms with E-state index in [0.29, 0.717) is 22.6 Å². The number of amides is 1. The van der Waals surface area contributed by atoms with Gasteiger partial charge in [-0.15, -0.1) is 34.0 Å². The van der Waals surface area contributed by atoms with Gasteiger partial charge in [0, 0.05) is 9.75 Å². The molecule has 4 aromatic heterocycles. The van der Waals surface area contributed by atoms with Gasteiger partial charge in [-0.25, -0.2) is 4.98 Å². The molecule has 0 saturated carbocycles. The van der Waals surface area contributed by atoms with Gasteiger partial charge in [-0.05, 0) is 42.3 Å². The van der Waals surface area contributed by atoms with Crippen LogP contribution in [0.5, 0.6) is 0 Å². The maximum absolute atomic E-state index is 13.0. The van der Waals surface area contributed by atoms with Gasteiger partial charge in [0.2, 0.25) is 0 Å². The maximum Gasteiger partial charge on any atom is 0.264 e. The lowest BCUT2D eigenvalue weighted by Crippen LogP contribution is -2.31. The highest BCUT2D eigenvalue weighted by atomic mass is 32.1. The molecule has 8 heteroatoms. The number of nitrogens with zero attached hydrogens (tertiary/aromatic N) is 2. The van der Waals surface area contributed by atoms with Crippen molar-refractivity contribution < 1.29 is 4.79 Å². The van der Waals surface area contributed by atoms with Gasteiger partial charge >= 0.3 is 0 Å². The van der Waals surface area contributed by atoms with Crippen LogP contribution >= 0.6 is 34.0 Å². The number of hydrogen-bond donors (Lipinski definition) is 1. The fourth-order valence-corrected chi connectivity index (χ4v) is 5.36. The minimum Gasteiger partial charge on any atom is -0.325 e. The lowest BCUT2D eigenvalue weighted by atomic mass is 10.2. The summed E-state index contributed by atoms with van der Waals surface area (Å²) in [6.07, 6.45) is 0. The number of aryl methyl sites for hydroxylation is 2. The number of hydrogen-bond acceptors (Lipinski definition) is 6. The molecule has 1 N–H and O–H groups in total. The zero-order valence-electron chi connectivity index (χ0n) is 14.8. The fraction of sp³-hybridized carbons (Fsp3) is 0.211. The maximum atomic E-state index is 13.0. The Hall–Kier alpha value is -2.29. The molecule has 0 aliphatic heterocycles. The van der Waals surface area contributed by atoms with Crippen molar-refractivity contribution in [3.05, 3.63) is 71.4 Å². The summed E-state index contributed by atoms with van der Waals surface area (Å²) in [6.45, 7) is 4.67. The highest BCUT2D eigenvalue weighted by Crippen LogP contribution is 2.26. The van der Waals surface area contributed by atoms with Crippen molar-refractivity contribution in [1.82, 2.24) is 14.9 Å². The number of aromatic amines is 1. The second-order valence-electron chi connectivity index (χ2n) is 6.19. The molecule has 4 heterocycles. The van der Waals surface area contributed by atoms with E-state index in [1.807, 2.05) is 48.9 Å². The summed E-state index contributed by atoms with van der Waals surface area (Å²) < 4.78 is 0. The van der Waals surface area contributed by atoms with Gasteiger partial charge in [0.05, 0.1) is 23.4 Å². The van der Waals surface area contributed by atoms with Gasteiger partial charge in [0.15, 0.2) is 0 Å². The Morgan fingerprint density at radius 3 is 2.63 bits per heavy atom. The molecule has 0 bridgehead atoms. The number of rotatable bonds is 5. The van der Waals surface area contributed by atoms with Crippen LogP contribution in [0.4, 0.5) is 0 Å². The molecule has 1 amide bonds. The number of H-pyrrole nitrogens is 1. The van der Waals surface area contributed by atoms with E-state index in [0.717, 1.165) is 20.1 Å².